The highest BCUT2D eigenvalue weighted by Crippen LogP contribution is 2.33. The zero-order valence-corrected chi connectivity index (χ0v) is 10.5. The third kappa shape index (κ3) is 2.43. The van der Waals surface area contributed by atoms with Crippen LogP contribution in [0.2, 0.25) is 5.02 Å². The summed E-state index contributed by atoms with van der Waals surface area (Å²) in [6, 6.07) is 5.52. The Hall–Kier alpha value is -1.68. The molecule has 0 aliphatic heterocycles. The largest absolute Gasteiger partial charge is 0.493 e. The van der Waals surface area contributed by atoms with Gasteiger partial charge in [0.05, 0.1) is 18.4 Å². The van der Waals surface area contributed by atoms with E-state index in [1.165, 1.54) is 12.8 Å². The maximum Gasteiger partial charge on any atom is 0.229 e. The Morgan fingerprint density at radius 2 is 2.22 bits per heavy atom. The van der Waals surface area contributed by atoms with Crippen molar-refractivity contribution >= 4 is 17.5 Å². The van der Waals surface area contributed by atoms with Gasteiger partial charge in [-0.05, 0) is 42.5 Å². The van der Waals surface area contributed by atoms with Crippen LogP contribution in [0.15, 0.2) is 28.9 Å². The van der Waals surface area contributed by atoms with E-state index in [9.17, 15) is 0 Å². The van der Waals surface area contributed by atoms with E-state index in [1.54, 1.807) is 12.3 Å². The topological polar surface area (TPSA) is 61.3 Å². The Kier molecular flexibility index (Phi) is 2.88. The zero-order valence-electron chi connectivity index (χ0n) is 9.73. The van der Waals surface area contributed by atoms with Gasteiger partial charge in [-0.25, -0.2) is 0 Å². The quantitative estimate of drug-likeness (QED) is 0.920. The minimum atomic E-state index is 0.283. The number of anilines is 1. The predicted octanol–water partition coefficient (Wildman–Crippen LogP) is 3.37. The van der Waals surface area contributed by atoms with Gasteiger partial charge in [-0.2, -0.15) is 0 Å². The number of nitrogen functional groups attached to an aromatic ring is 1. The number of hydrogen-bond acceptors (Lipinski definition) is 4. The molecule has 1 heterocycles. The van der Waals surface area contributed by atoms with Gasteiger partial charge in [-0.15, -0.1) is 0 Å². The average Bonchev–Trinajstić information content (AvgIpc) is 3.07. The Balaban J connectivity index is 1.87. The molecular formula is C13H13ClN2O2. The van der Waals surface area contributed by atoms with Crippen molar-refractivity contribution in [3.05, 3.63) is 29.4 Å². The van der Waals surface area contributed by atoms with Gasteiger partial charge in [-0.1, -0.05) is 16.8 Å². The van der Waals surface area contributed by atoms with Crippen LogP contribution in [-0.4, -0.2) is 11.8 Å². The van der Waals surface area contributed by atoms with Crippen LogP contribution in [0, 0.1) is 5.92 Å². The Morgan fingerprint density at radius 1 is 1.39 bits per heavy atom. The molecule has 4 nitrogen and oxygen atoms in total. The average molecular weight is 265 g/mol. The van der Waals surface area contributed by atoms with Gasteiger partial charge in [0.25, 0.3) is 0 Å². The van der Waals surface area contributed by atoms with Gasteiger partial charge < -0.3 is 15.0 Å². The monoisotopic (exact) mass is 264 g/mol. The molecule has 1 aromatic heterocycles. The zero-order chi connectivity index (χ0) is 12.5. The highest BCUT2D eigenvalue weighted by molar-refractivity contribution is 6.31. The Bertz CT molecular complexity index is 564. The van der Waals surface area contributed by atoms with Crippen LogP contribution < -0.4 is 10.5 Å². The van der Waals surface area contributed by atoms with Crippen molar-refractivity contribution in [1.82, 2.24) is 5.16 Å². The molecule has 0 bridgehead atoms. The van der Waals surface area contributed by atoms with Crippen molar-refractivity contribution in [2.45, 2.75) is 12.8 Å². The van der Waals surface area contributed by atoms with Gasteiger partial charge in [0.1, 0.15) is 5.75 Å². The number of nitrogens with two attached hydrogens (primary N) is 1. The van der Waals surface area contributed by atoms with E-state index in [1.807, 2.05) is 12.1 Å². The second-order valence-electron chi connectivity index (χ2n) is 4.53. The van der Waals surface area contributed by atoms with Crippen molar-refractivity contribution in [3.63, 3.8) is 0 Å². The molecule has 1 fully saturated rings. The van der Waals surface area contributed by atoms with E-state index >= 15 is 0 Å². The summed E-state index contributed by atoms with van der Waals surface area (Å²) in [5, 5.41) is 4.27. The highest BCUT2D eigenvalue weighted by atomic mass is 35.5. The third-order valence-electron chi connectivity index (χ3n) is 2.96. The molecule has 0 spiro atoms. The van der Waals surface area contributed by atoms with Crippen LogP contribution in [0.25, 0.3) is 11.1 Å². The number of halogens is 1. The van der Waals surface area contributed by atoms with Crippen molar-refractivity contribution in [1.29, 1.82) is 0 Å². The molecule has 1 aliphatic rings. The summed E-state index contributed by atoms with van der Waals surface area (Å²) >= 11 is 6.08. The number of rotatable bonds is 4. The minimum Gasteiger partial charge on any atom is -0.493 e. The first kappa shape index (κ1) is 11.4. The number of benzene rings is 1. The molecule has 0 radical (unpaired) electrons. The summed E-state index contributed by atoms with van der Waals surface area (Å²) in [4.78, 5) is 0. The highest BCUT2D eigenvalue weighted by Gasteiger charge is 2.22. The molecule has 1 saturated carbocycles. The maximum atomic E-state index is 6.08. The Morgan fingerprint density at radius 3 is 2.89 bits per heavy atom. The predicted molar refractivity (Wildman–Crippen MR) is 69.6 cm³/mol. The number of nitrogens with zero attached hydrogens (tertiary/aromatic N) is 1. The summed E-state index contributed by atoms with van der Waals surface area (Å²) in [6.45, 7) is 0.749. The van der Waals surface area contributed by atoms with Gasteiger partial charge in [0, 0.05) is 5.02 Å². The van der Waals surface area contributed by atoms with Gasteiger partial charge >= 0.3 is 0 Å². The second kappa shape index (κ2) is 4.53. The fourth-order valence-electron chi connectivity index (χ4n) is 1.77. The molecular weight excluding hydrogens is 252 g/mol. The van der Waals surface area contributed by atoms with Gasteiger partial charge in [0.15, 0.2) is 0 Å². The van der Waals surface area contributed by atoms with E-state index in [2.05, 4.69) is 5.16 Å². The molecule has 1 aromatic carbocycles. The summed E-state index contributed by atoms with van der Waals surface area (Å²) in [6.07, 6.45) is 4.09. The van der Waals surface area contributed by atoms with Crippen LogP contribution in [0.3, 0.4) is 0 Å². The van der Waals surface area contributed by atoms with Gasteiger partial charge in [0.2, 0.25) is 5.88 Å². The fourth-order valence-corrected chi connectivity index (χ4v) is 1.99. The van der Waals surface area contributed by atoms with Crippen LogP contribution >= 0.6 is 11.6 Å². The van der Waals surface area contributed by atoms with Crippen LogP contribution in [0.4, 0.5) is 5.88 Å². The van der Waals surface area contributed by atoms with Crippen LogP contribution in [0.5, 0.6) is 5.75 Å². The summed E-state index contributed by atoms with van der Waals surface area (Å²) in [7, 11) is 0. The van der Waals surface area contributed by atoms with E-state index in [4.69, 9.17) is 26.6 Å². The number of hydrogen-bond donors (Lipinski definition) is 1. The molecule has 2 N–H and O–H groups in total. The van der Waals surface area contributed by atoms with E-state index in [0.717, 1.165) is 23.5 Å². The summed E-state index contributed by atoms with van der Waals surface area (Å²) < 4.78 is 10.6. The molecule has 0 amide bonds. The molecule has 5 heteroatoms. The summed E-state index contributed by atoms with van der Waals surface area (Å²) in [5.41, 5.74) is 7.28. The van der Waals surface area contributed by atoms with Crippen LogP contribution in [-0.2, 0) is 0 Å². The smallest absolute Gasteiger partial charge is 0.229 e. The van der Waals surface area contributed by atoms with Crippen molar-refractivity contribution in [2.75, 3.05) is 12.3 Å². The molecule has 0 atom stereocenters. The molecule has 18 heavy (non-hydrogen) atoms. The number of ether oxygens (including phenoxy) is 1. The first-order valence-corrected chi connectivity index (χ1v) is 6.24. The second-order valence-corrected chi connectivity index (χ2v) is 4.97. The lowest BCUT2D eigenvalue weighted by atomic mass is 10.1. The molecule has 0 saturated heterocycles. The molecule has 0 unspecified atom stereocenters. The Labute approximate surface area is 110 Å². The summed E-state index contributed by atoms with van der Waals surface area (Å²) in [5.74, 6) is 1.74. The van der Waals surface area contributed by atoms with E-state index in [-0.39, 0.29) is 5.88 Å². The third-order valence-corrected chi connectivity index (χ3v) is 3.18. The standard InChI is InChI=1S/C13H13ClN2O2/c14-10-3-9(12-6-16-18-13(12)15)4-11(5-10)17-7-8-1-2-8/h3-6,8H,1-2,7,15H2. The van der Waals surface area contributed by atoms with Gasteiger partial charge in [-0.3, -0.25) is 0 Å². The molecule has 2 aromatic rings. The van der Waals surface area contributed by atoms with Crippen molar-refractivity contribution < 1.29 is 9.26 Å². The molecule has 3 rings (SSSR count). The maximum absolute atomic E-state index is 6.08. The molecule has 94 valence electrons. The molecule has 1 aliphatic carbocycles. The van der Waals surface area contributed by atoms with E-state index < -0.39 is 0 Å². The van der Waals surface area contributed by atoms with Crippen LogP contribution in [0.1, 0.15) is 12.8 Å². The fraction of sp³-hybridized carbons (Fsp3) is 0.308. The minimum absolute atomic E-state index is 0.283. The lowest BCUT2D eigenvalue weighted by Gasteiger charge is -2.08. The normalized spacial score (nSPS) is 14.7. The first-order chi connectivity index (χ1) is 8.72. The van der Waals surface area contributed by atoms with Crippen molar-refractivity contribution in [3.8, 4) is 16.9 Å². The van der Waals surface area contributed by atoms with Crippen molar-refractivity contribution in [2.24, 2.45) is 5.92 Å². The number of aromatic nitrogens is 1. The lowest BCUT2D eigenvalue weighted by Crippen LogP contribution is -1.99. The lowest BCUT2D eigenvalue weighted by molar-refractivity contribution is 0.300. The van der Waals surface area contributed by atoms with E-state index in [0.29, 0.717) is 10.9 Å². The SMILES string of the molecule is Nc1oncc1-c1cc(Cl)cc(OCC2CC2)c1. The first-order valence-electron chi connectivity index (χ1n) is 5.86.